The third kappa shape index (κ3) is 8.22. The minimum Gasteiger partial charge on any atom is -0.472 e. The maximum Gasteiger partial charge on any atom is 0.405 e. The number of amides is 4. The Kier molecular flexibility index (Phi) is 9.63. The molecule has 1 aromatic heterocycles. The SMILES string of the molecule is CC(C)(C)[C@H](NC(=O)O)C(=O)N1C[C@H](Oc2ccc(Cl)cn2)C[C@H]1C(=O)N[C@@H](CC1CCC1)C(O)C(=O)NC1CC1. The van der Waals surface area contributed by atoms with E-state index in [1.165, 1.54) is 11.1 Å². The molecule has 2 aliphatic carbocycles. The van der Waals surface area contributed by atoms with Gasteiger partial charge in [0, 0.05) is 24.7 Å². The number of aromatic nitrogens is 1. The second-order valence-corrected chi connectivity index (χ2v) is 12.9. The van der Waals surface area contributed by atoms with Crippen molar-refractivity contribution in [3.8, 4) is 5.88 Å². The van der Waals surface area contributed by atoms with Crippen LogP contribution in [-0.2, 0) is 14.4 Å². The second kappa shape index (κ2) is 12.8. The summed E-state index contributed by atoms with van der Waals surface area (Å²) < 4.78 is 5.98. The lowest BCUT2D eigenvalue weighted by atomic mass is 9.79. The first-order chi connectivity index (χ1) is 19.3. The third-order valence-corrected chi connectivity index (χ3v) is 8.15. The number of likely N-dealkylation sites (tertiary alicyclic amines) is 1. The Balaban J connectivity index is 1.55. The maximum absolute atomic E-state index is 13.8. The van der Waals surface area contributed by atoms with Crippen molar-refractivity contribution in [2.45, 2.75) is 102 Å². The summed E-state index contributed by atoms with van der Waals surface area (Å²) in [5.74, 6) is -1.09. The summed E-state index contributed by atoms with van der Waals surface area (Å²) in [7, 11) is 0. The Morgan fingerprint density at radius 1 is 1.15 bits per heavy atom. The van der Waals surface area contributed by atoms with Crippen LogP contribution in [0.4, 0.5) is 4.79 Å². The molecule has 0 bridgehead atoms. The van der Waals surface area contributed by atoms with Crippen LogP contribution in [0, 0.1) is 11.3 Å². The zero-order valence-corrected chi connectivity index (χ0v) is 24.4. The Morgan fingerprint density at radius 2 is 1.85 bits per heavy atom. The molecule has 1 aliphatic heterocycles. The molecule has 3 fully saturated rings. The molecule has 13 heteroatoms. The first kappa shape index (κ1) is 30.8. The topological polar surface area (TPSA) is 170 Å². The van der Waals surface area contributed by atoms with Crippen LogP contribution >= 0.6 is 11.6 Å². The Morgan fingerprint density at radius 3 is 2.39 bits per heavy atom. The predicted octanol–water partition coefficient (Wildman–Crippen LogP) is 2.08. The lowest BCUT2D eigenvalue weighted by molar-refractivity contribution is -0.143. The fraction of sp³-hybridized carbons (Fsp3) is 0.679. The molecule has 226 valence electrons. The van der Waals surface area contributed by atoms with Gasteiger partial charge in [0.15, 0.2) is 6.10 Å². The highest BCUT2D eigenvalue weighted by molar-refractivity contribution is 6.30. The van der Waals surface area contributed by atoms with Crippen LogP contribution in [0.25, 0.3) is 0 Å². The second-order valence-electron chi connectivity index (χ2n) is 12.4. The van der Waals surface area contributed by atoms with Gasteiger partial charge in [-0.3, -0.25) is 14.4 Å². The lowest BCUT2D eigenvalue weighted by Crippen LogP contribution is -2.59. The van der Waals surface area contributed by atoms with Crippen molar-refractivity contribution in [1.82, 2.24) is 25.8 Å². The number of hydrogen-bond acceptors (Lipinski definition) is 7. The van der Waals surface area contributed by atoms with Crippen molar-refractivity contribution in [2.24, 2.45) is 11.3 Å². The number of aliphatic hydroxyl groups is 1. The monoisotopic (exact) mass is 593 g/mol. The molecule has 2 heterocycles. The van der Waals surface area contributed by atoms with Crippen molar-refractivity contribution in [3.63, 3.8) is 0 Å². The van der Waals surface area contributed by atoms with Crippen LogP contribution in [0.15, 0.2) is 18.3 Å². The fourth-order valence-corrected chi connectivity index (χ4v) is 5.36. The van der Waals surface area contributed by atoms with Gasteiger partial charge in [-0.2, -0.15) is 0 Å². The zero-order valence-electron chi connectivity index (χ0n) is 23.6. The quantitative estimate of drug-likeness (QED) is 0.260. The van der Waals surface area contributed by atoms with Gasteiger partial charge < -0.3 is 35.8 Å². The van der Waals surface area contributed by atoms with Gasteiger partial charge in [0.2, 0.25) is 17.7 Å². The van der Waals surface area contributed by atoms with Gasteiger partial charge in [-0.15, -0.1) is 0 Å². The van der Waals surface area contributed by atoms with Crippen LogP contribution in [-0.4, -0.2) is 86.8 Å². The number of nitrogens with one attached hydrogen (secondary N) is 3. The number of aliphatic hydroxyl groups excluding tert-OH is 1. The van der Waals surface area contributed by atoms with Gasteiger partial charge in [-0.1, -0.05) is 51.6 Å². The van der Waals surface area contributed by atoms with Crippen molar-refractivity contribution in [3.05, 3.63) is 23.4 Å². The fourth-order valence-electron chi connectivity index (χ4n) is 5.25. The van der Waals surface area contributed by atoms with Gasteiger partial charge in [0.25, 0.3) is 5.91 Å². The number of pyridine rings is 1. The molecule has 5 N–H and O–H groups in total. The van der Waals surface area contributed by atoms with Crippen LogP contribution in [0.2, 0.25) is 5.02 Å². The normalized spacial score (nSPS) is 23.1. The highest BCUT2D eigenvalue weighted by Gasteiger charge is 2.47. The van der Waals surface area contributed by atoms with Gasteiger partial charge in [0.05, 0.1) is 17.6 Å². The molecule has 3 aliphatic rings. The molecule has 41 heavy (non-hydrogen) atoms. The van der Waals surface area contributed by atoms with E-state index in [0.717, 1.165) is 32.1 Å². The highest BCUT2D eigenvalue weighted by atomic mass is 35.5. The molecule has 5 atom stereocenters. The average Bonchev–Trinajstić information content (AvgIpc) is 3.59. The van der Waals surface area contributed by atoms with Crippen molar-refractivity contribution in [2.75, 3.05) is 6.54 Å². The molecule has 0 radical (unpaired) electrons. The number of hydrogen-bond donors (Lipinski definition) is 5. The molecule has 1 aromatic rings. The molecule has 0 spiro atoms. The van der Waals surface area contributed by atoms with E-state index in [0.29, 0.717) is 11.4 Å². The summed E-state index contributed by atoms with van der Waals surface area (Å²) in [6.07, 6.45) is 3.23. The molecule has 4 amide bonds. The van der Waals surface area contributed by atoms with E-state index in [1.54, 1.807) is 32.9 Å². The molecule has 1 unspecified atom stereocenters. The Bertz CT molecular complexity index is 1120. The average molecular weight is 594 g/mol. The van der Waals surface area contributed by atoms with E-state index in [4.69, 9.17) is 16.3 Å². The molecule has 4 rings (SSSR count). The lowest BCUT2D eigenvalue weighted by Gasteiger charge is -2.36. The van der Waals surface area contributed by atoms with E-state index < -0.39 is 59.6 Å². The predicted molar refractivity (Wildman–Crippen MR) is 149 cm³/mol. The number of halogens is 1. The summed E-state index contributed by atoms with van der Waals surface area (Å²) in [4.78, 5) is 57.3. The minimum atomic E-state index is -1.44. The van der Waals surface area contributed by atoms with Crippen molar-refractivity contribution >= 4 is 35.4 Å². The number of carbonyl (C=O) groups is 4. The largest absolute Gasteiger partial charge is 0.472 e. The van der Waals surface area contributed by atoms with E-state index in [9.17, 15) is 29.4 Å². The number of rotatable bonds is 11. The zero-order chi connectivity index (χ0) is 29.9. The maximum atomic E-state index is 13.8. The van der Waals surface area contributed by atoms with Gasteiger partial charge in [0.1, 0.15) is 18.2 Å². The van der Waals surface area contributed by atoms with E-state index >= 15 is 0 Å². The van der Waals surface area contributed by atoms with E-state index in [-0.39, 0.29) is 30.8 Å². The Labute approximate surface area is 244 Å². The van der Waals surface area contributed by atoms with Crippen molar-refractivity contribution < 1.29 is 34.1 Å². The van der Waals surface area contributed by atoms with Crippen LogP contribution < -0.4 is 20.7 Å². The van der Waals surface area contributed by atoms with Crippen LogP contribution in [0.5, 0.6) is 5.88 Å². The minimum absolute atomic E-state index is 0.00706. The smallest absolute Gasteiger partial charge is 0.405 e. The summed E-state index contributed by atoms with van der Waals surface area (Å²) >= 11 is 5.93. The number of ether oxygens (including phenoxy) is 1. The van der Waals surface area contributed by atoms with Gasteiger partial charge >= 0.3 is 6.09 Å². The van der Waals surface area contributed by atoms with E-state index in [2.05, 4.69) is 20.9 Å². The molecule has 1 saturated heterocycles. The summed E-state index contributed by atoms with van der Waals surface area (Å²) in [5.41, 5.74) is -0.795. The number of carbonyl (C=O) groups excluding carboxylic acids is 3. The molecular formula is C28H40ClN5O7. The standard InChI is InChI=1S/C28H40ClN5O7/c1-28(2,3)23(33-27(39)40)26(38)34-14-18(41-21-10-7-16(29)13-30-21)12-20(34)24(36)32-19(11-15-5-4-6-15)22(35)25(37)31-17-8-9-17/h7,10,13,15,17-20,22-23,33,35H,4-6,8-9,11-12,14H2,1-3H3,(H,31,37)(H,32,36)(H,39,40)/t18-,19+,20+,22?,23-/m1/s1. The molecule has 12 nitrogen and oxygen atoms in total. The van der Waals surface area contributed by atoms with Gasteiger partial charge in [-0.05, 0) is 36.7 Å². The van der Waals surface area contributed by atoms with Crippen LogP contribution in [0.3, 0.4) is 0 Å². The van der Waals surface area contributed by atoms with Crippen molar-refractivity contribution in [1.29, 1.82) is 0 Å². The highest BCUT2D eigenvalue weighted by Crippen LogP contribution is 2.32. The first-order valence-corrected chi connectivity index (χ1v) is 14.6. The summed E-state index contributed by atoms with van der Waals surface area (Å²) in [6, 6.07) is 0.242. The van der Waals surface area contributed by atoms with E-state index in [1.807, 2.05) is 0 Å². The summed E-state index contributed by atoms with van der Waals surface area (Å²) in [6.45, 7) is 5.19. The third-order valence-electron chi connectivity index (χ3n) is 7.93. The van der Waals surface area contributed by atoms with Gasteiger partial charge in [-0.25, -0.2) is 9.78 Å². The Hall–Kier alpha value is -3.12. The molecule has 2 saturated carbocycles. The molecule has 0 aromatic carbocycles. The van der Waals surface area contributed by atoms with Crippen LogP contribution in [0.1, 0.15) is 65.7 Å². The number of carboxylic acid groups (broad SMARTS) is 1. The number of nitrogens with zero attached hydrogens (tertiary/aromatic N) is 2. The summed E-state index contributed by atoms with van der Waals surface area (Å²) in [5, 5.41) is 28.7. The first-order valence-electron chi connectivity index (χ1n) is 14.2. The molecular weight excluding hydrogens is 554 g/mol.